The third-order valence-electron chi connectivity index (χ3n) is 8.16. The molecular weight excluding hydrogens is 244 g/mol. The first kappa shape index (κ1) is 13.4. The molecule has 4 aliphatic rings. The number of rotatable bonds is 0. The van der Waals surface area contributed by atoms with E-state index < -0.39 is 0 Å². The number of allylic oxidation sites excluding steroid dienone is 2. The van der Waals surface area contributed by atoms with E-state index in [0.29, 0.717) is 5.41 Å². The summed E-state index contributed by atoms with van der Waals surface area (Å²) < 4.78 is 0. The number of fused-ring (bicyclic) bond motifs is 5. The maximum absolute atomic E-state index is 10.5. The fourth-order valence-corrected chi connectivity index (χ4v) is 6.81. The van der Waals surface area contributed by atoms with Crippen LogP contribution in [0.25, 0.3) is 0 Å². The molecule has 0 aromatic carbocycles. The van der Waals surface area contributed by atoms with E-state index in [4.69, 9.17) is 0 Å². The topological polar surface area (TPSA) is 20.2 Å². The molecule has 112 valence electrons. The Kier molecular flexibility index (Phi) is 2.91. The van der Waals surface area contributed by atoms with Gasteiger partial charge in [0.25, 0.3) is 0 Å². The van der Waals surface area contributed by atoms with Gasteiger partial charge in [-0.15, -0.1) is 0 Å². The zero-order chi connectivity index (χ0) is 14.0. The molecule has 1 N–H and O–H groups in total. The monoisotopic (exact) mass is 274 g/mol. The third kappa shape index (κ3) is 1.59. The predicted molar refractivity (Wildman–Crippen MR) is 82.3 cm³/mol. The van der Waals surface area contributed by atoms with Gasteiger partial charge in [-0.3, -0.25) is 0 Å². The van der Waals surface area contributed by atoms with Crippen LogP contribution >= 0.6 is 0 Å². The summed E-state index contributed by atoms with van der Waals surface area (Å²) in [6.07, 6.45) is 15.4. The van der Waals surface area contributed by atoms with Crippen molar-refractivity contribution in [2.75, 3.05) is 0 Å². The second-order valence-corrected chi connectivity index (χ2v) is 8.71. The molecule has 0 spiro atoms. The lowest BCUT2D eigenvalue weighted by Crippen LogP contribution is -2.52. The van der Waals surface area contributed by atoms with Crippen LogP contribution < -0.4 is 0 Å². The van der Waals surface area contributed by atoms with Gasteiger partial charge < -0.3 is 5.11 Å². The zero-order valence-corrected chi connectivity index (χ0v) is 13.1. The quantitative estimate of drug-likeness (QED) is 0.642. The SMILES string of the molecule is CC12CCC3C(CCC4CC=CCC43C)C1CCC2O. The van der Waals surface area contributed by atoms with E-state index >= 15 is 0 Å². The first-order chi connectivity index (χ1) is 9.56. The molecule has 7 unspecified atom stereocenters. The number of hydrogen-bond donors (Lipinski definition) is 1. The summed E-state index contributed by atoms with van der Waals surface area (Å²) in [6.45, 7) is 4.98. The molecular formula is C19H30O. The minimum Gasteiger partial charge on any atom is -0.393 e. The van der Waals surface area contributed by atoms with Crippen molar-refractivity contribution in [3.8, 4) is 0 Å². The van der Waals surface area contributed by atoms with Crippen LogP contribution in [0.1, 0.15) is 65.2 Å². The van der Waals surface area contributed by atoms with Crippen molar-refractivity contribution in [2.24, 2.45) is 34.5 Å². The van der Waals surface area contributed by atoms with E-state index in [9.17, 15) is 5.11 Å². The molecule has 0 aliphatic heterocycles. The highest BCUT2D eigenvalue weighted by Gasteiger charge is 2.59. The van der Waals surface area contributed by atoms with E-state index in [1.165, 1.54) is 44.9 Å². The first-order valence-corrected chi connectivity index (χ1v) is 8.89. The van der Waals surface area contributed by atoms with Crippen molar-refractivity contribution in [1.29, 1.82) is 0 Å². The summed E-state index contributed by atoms with van der Waals surface area (Å²) in [4.78, 5) is 0. The van der Waals surface area contributed by atoms with Crippen molar-refractivity contribution in [2.45, 2.75) is 71.3 Å². The smallest absolute Gasteiger partial charge is 0.0596 e. The standard InChI is InChI=1S/C19H30O/c1-18-11-4-3-5-13(18)6-7-14-15-8-9-17(20)19(15,2)12-10-16(14)18/h3-4,13-17,20H,5-12H2,1-2H3. The van der Waals surface area contributed by atoms with Crippen LogP contribution in [-0.2, 0) is 0 Å². The highest BCUT2D eigenvalue weighted by Crippen LogP contribution is 2.65. The van der Waals surface area contributed by atoms with Crippen LogP contribution in [0.3, 0.4) is 0 Å². The highest BCUT2D eigenvalue weighted by atomic mass is 16.3. The van der Waals surface area contributed by atoms with Crippen LogP contribution in [0, 0.1) is 34.5 Å². The minimum absolute atomic E-state index is 0.0229. The third-order valence-corrected chi connectivity index (χ3v) is 8.16. The van der Waals surface area contributed by atoms with Crippen LogP contribution in [0.15, 0.2) is 12.2 Å². The maximum atomic E-state index is 10.5. The Bertz CT molecular complexity index is 427. The minimum atomic E-state index is -0.0229. The molecule has 0 aromatic heterocycles. The van der Waals surface area contributed by atoms with Crippen molar-refractivity contribution < 1.29 is 5.11 Å². The molecule has 20 heavy (non-hydrogen) atoms. The molecule has 4 rings (SSSR count). The Morgan fingerprint density at radius 3 is 2.55 bits per heavy atom. The van der Waals surface area contributed by atoms with Gasteiger partial charge >= 0.3 is 0 Å². The predicted octanol–water partition coefficient (Wildman–Crippen LogP) is 4.56. The van der Waals surface area contributed by atoms with Gasteiger partial charge in [-0.05, 0) is 85.9 Å². The van der Waals surface area contributed by atoms with Gasteiger partial charge in [0.1, 0.15) is 0 Å². The van der Waals surface area contributed by atoms with Crippen molar-refractivity contribution >= 4 is 0 Å². The Hall–Kier alpha value is -0.300. The summed E-state index contributed by atoms with van der Waals surface area (Å²) in [5.74, 6) is 3.57. The second kappa shape index (κ2) is 4.35. The summed E-state index contributed by atoms with van der Waals surface area (Å²) in [6, 6.07) is 0. The van der Waals surface area contributed by atoms with E-state index in [1.54, 1.807) is 0 Å². The number of aliphatic hydroxyl groups excluding tert-OH is 1. The Balaban J connectivity index is 1.66. The maximum Gasteiger partial charge on any atom is 0.0596 e. The molecule has 4 aliphatic carbocycles. The molecule has 0 aromatic rings. The summed E-state index contributed by atoms with van der Waals surface area (Å²) in [5.41, 5.74) is 0.807. The lowest BCUT2D eigenvalue weighted by atomic mass is 9.46. The van der Waals surface area contributed by atoms with Crippen LogP contribution in [0.4, 0.5) is 0 Å². The molecule has 7 atom stereocenters. The summed E-state index contributed by atoms with van der Waals surface area (Å²) >= 11 is 0. The fraction of sp³-hybridized carbons (Fsp3) is 0.895. The normalized spacial score (nSPS) is 57.9. The van der Waals surface area contributed by atoms with Crippen molar-refractivity contribution in [3.05, 3.63) is 12.2 Å². The number of aliphatic hydroxyl groups is 1. The highest BCUT2D eigenvalue weighted by molar-refractivity contribution is 5.12. The van der Waals surface area contributed by atoms with Gasteiger partial charge in [0.2, 0.25) is 0 Å². The van der Waals surface area contributed by atoms with Crippen LogP contribution in [-0.4, -0.2) is 11.2 Å². The van der Waals surface area contributed by atoms with Gasteiger partial charge in [-0.1, -0.05) is 26.0 Å². The van der Waals surface area contributed by atoms with E-state index in [-0.39, 0.29) is 11.5 Å². The first-order valence-electron chi connectivity index (χ1n) is 8.89. The lowest BCUT2D eigenvalue weighted by molar-refractivity contribution is -0.108. The average molecular weight is 274 g/mol. The van der Waals surface area contributed by atoms with Crippen LogP contribution in [0.5, 0.6) is 0 Å². The molecule has 0 heterocycles. The van der Waals surface area contributed by atoms with Crippen molar-refractivity contribution in [1.82, 2.24) is 0 Å². The van der Waals surface area contributed by atoms with Crippen LogP contribution in [0.2, 0.25) is 0 Å². The van der Waals surface area contributed by atoms with Gasteiger partial charge in [-0.25, -0.2) is 0 Å². The molecule has 0 amide bonds. The average Bonchev–Trinajstić information content (AvgIpc) is 2.74. The molecule has 1 nitrogen and oxygen atoms in total. The number of hydrogen-bond acceptors (Lipinski definition) is 1. The van der Waals surface area contributed by atoms with Gasteiger partial charge in [0.05, 0.1) is 6.10 Å². The zero-order valence-electron chi connectivity index (χ0n) is 13.1. The Labute approximate surface area is 123 Å². The molecule has 1 heteroatoms. The van der Waals surface area contributed by atoms with E-state index in [1.807, 2.05) is 0 Å². The van der Waals surface area contributed by atoms with E-state index in [0.717, 1.165) is 30.1 Å². The molecule has 0 saturated heterocycles. The molecule has 0 radical (unpaired) electrons. The van der Waals surface area contributed by atoms with Crippen molar-refractivity contribution in [3.63, 3.8) is 0 Å². The largest absolute Gasteiger partial charge is 0.393 e. The Morgan fingerprint density at radius 1 is 0.900 bits per heavy atom. The second-order valence-electron chi connectivity index (χ2n) is 8.71. The van der Waals surface area contributed by atoms with Gasteiger partial charge in [0, 0.05) is 0 Å². The van der Waals surface area contributed by atoms with Gasteiger partial charge in [0.15, 0.2) is 0 Å². The summed E-state index contributed by atoms with van der Waals surface area (Å²) in [5, 5.41) is 10.5. The van der Waals surface area contributed by atoms with Gasteiger partial charge in [-0.2, -0.15) is 0 Å². The lowest BCUT2D eigenvalue weighted by Gasteiger charge is -2.59. The fourth-order valence-electron chi connectivity index (χ4n) is 6.81. The molecule has 0 bridgehead atoms. The molecule has 3 saturated carbocycles. The Morgan fingerprint density at radius 2 is 1.70 bits per heavy atom. The summed E-state index contributed by atoms with van der Waals surface area (Å²) in [7, 11) is 0. The van der Waals surface area contributed by atoms with E-state index in [2.05, 4.69) is 26.0 Å². The molecule has 3 fully saturated rings.